The lowest BCUT2D eigenvalue weighted by Gasteiger charge is -2.33. The molecule has 0 bridgehead atoms. The van der Waals surface area contributed by atoms with Crippen molar-refractivity contribution in [3.63, 3.8) is 0 Å². The minimum atomic E-state index is 0.161. The molecule has 3 heterocycles. The minimum absolute atomic E-state index is 0.161. The van der Waals surface area contributed by atoms with Gasteiger partial charge in [-0.15, -0.1) is 0 Å². The number of rotatable bonds is 5. The first kappa shape index (κ1) is 18.5. The highest BCUT2D eigenvalue weighted by atomic mass is 16.2. The summed E-state index contributed by atoms with van der Waals surface area (Å²) in [5.74, 6) is 1.40. The Morgan fingerprint density at radius 2 is 2.11 bits per heavy atom. The van der Waals surface area contributed by atoms with Crippen molar-refractivity contribution in [2.75, 3.05) is 13.1 Å². The van der Waals surface area contributed by atoms with Gasteiger partial charge in [-0.25, -0.2) is 4.98 Å². The van der Waals surface area contributed by atoms with Crippen LogP contribution < -0.4 is 0 Å². The predicted molar refractivity (Wildman–Crippen MR) is 109 cm³/mol. The van der Waals surface area contributed by atoms with Crippen LogP contribution in [0.2, 0.25) is 0 Å². The number of amides is 1. The highest BCUT2D eigenvalue weighted by Gasteiger charge is 2.28. The summed E-state index contributed by atoms with van der Waals surface area (Å²) in [7, 11) is 0. The number of carbonyl (C=O) groups is 1. The SMILES string of the molecule is CCc1nccn1CC(=O)N1CCCC(c2[nH]ncc2-c2ccc(C)cc2)C1. The Kier molecular flexibility index (Phi) is 5.28. The lowest BCUT2D eigenvalue weighted by molar-refractivity contribution is -0.133. The van der Waals surface area contributed by atoms with E-state index >= 15 is 0 Å². The van der Waals surface area contributed by atoms with Crippen molar-refractivity contribution in [2.24, 2.45) is 0 Å². The minimum Gasteiger partial charge on any atom is -0.340 e. The van der Waals surface area contributed by atoms with E-state index in [0.717, 1.165) is 49.4 Å². The summed E-state index contributed by atoms with van der Waals surface area (Å²) in [6.45, 7) is 6.07. The number of hydrogen-bond acceptors (Lipinski definition) is 3. The highest BCUT2D eigenvalue weighted by Crippen LogP contribution is 2.33. The van der Waals surface area contributed by atoms with Crippen molar-refractivity contribution in [1.82, 2.24) is 24.6 Å². The smallest absolute Gasteiger partial charge is 0.242 e. The second-order valence-electron chi connectivity index (χ2n) is 7.57. The molecule has 0 radical (unpaired) electrons. The summed E-state index contributed by atoms with van der Waals surface area (Å²) >= 11 is 0. The van der Waals surface area contributed by atoms with Gasteiger partial charge in [-0.05, 0) is 25.3 Å². The van der Waals surface area contributed by atoms with Crippen molar-refractivity contribution in [1.29, 1.82) is 0 Å². The molecule has 1 saturated heterocycles. The van der Waals surface area contributed by atoms with Crippen LogP contribution >= 0.6 is 0 Å². The molecule has 0 spiro atoms. The Balaban J connectivity index is 1.49. The lowest BCUT2D eigenvalue weighted by atomic mass is 9.90. The number of H-pyrrole nitrogens is 1. The average molecular weight is 377 g/mol. The van der Waals surface area contributed by atoms with Gasteiger partial charge in [0, 0.05) is 49.1 Å². The zero-order valence-corrected chi connectivity index (χ0v) is 16.6. The zero-order valence-electron chi connectivity index (χ0n) is 16.6. The van der Waals surface area contributed by atoms with Crippen LogP contribution in [-0.2, 0) is 17.8 Å². The molecule has 4 rings (SSSR count). The Labute approximate surface area is 165 Å². The molecule has 6 nitrogen and oxygen atoms in total. The maximum atomic E-state index is 12.9. The summed E-state index contributed by atoms with van der Waals surface area (Å²) in [5, 5.41) is 7.52. The van der Waals surface area contributed by atoms with Crippen LogP contribution in [0.5, 0.6) is 0 Å². The Morgan fingerprint density at radius 1 is 1.29 bits per heavy atom. The fraction of sp³-hybridized carbons (Fsp3) is 0.409. The summed E-state index contributed by atoms with van der Waals surface area (Å²) in [4.78, 5) is 19.2. The molecule has 146 valence electrons. The third-order valence-electron chi connectivity index (χ3n) is 5.64. The molecular formula is C22H27N5O. The predicted octanol–water partition coefficient (Wildman–Crippen LogP) is 3.55. The van der Waals surface area contributed by atoms with Crippen LogP contribution in [0, 0.1) is 6.92 Å². The molecule has 1 aromatic carbocycles. The number of benzene rings is 1. The number of aromatic nitrogens is 4. The monoisotopic (exact) mass is 377 g/mol. The van der Waals surface area contributed by atoms with E-state index < -0.39 is 0 Å². The molecule has 1 atom stereocenters. The Morgan fingerprint density at radius 3 is 2.89 bits per heavy atom. The van der Waals surface area contributed by atoms with E-state index in [-0.39, 0.29) is 11.8 Å². The van der Waals surface area contributed by atoms with Gasteiger partial charge < -0.3 is 9.47 Å². The van der Waals surface area contributed by atoms with Crippen LogP contribution in [0.15, 0.2) is 42.9 Å². The molecular weight excluding hydrogens is 350 g/mol. The van der Waals surface area contributed by atoms with E-state index in [4.69, 9.17) is 0 Å². The fourth-order valence-electron chi connectivity index (χ4n) is 4.05. The van der Waals surface area contributed by atoms with Gasteiger partial charge >= 0.3 is 0 Å². The Hall–Kier alpha value is -2.89. The molecule has 1 fully saturated rings. The van der Waals surface area contributed by atoms with Gasteiger partial charge in [0.2, 0.25) is 5.91 Å². The van der Waals surface area contributed by atoms with Crippen LogP contribution in [0.3, 0.4) is 0 Å². The van der Waals surface area contributed by atoms with E-state index in [1.807, 2.05) is 21.9 Å². The molecule has 1 aliphatic heterocycles. The van der Waals surface area contributed by atoms with Crippen molar-refractivity contribution in [3.8, 4) is 11.1 Å². The van der Waals surface area contributed by atoms with Crippen molar-refractivity contribution >= 4 is 5.91 Å². The molecule has 1 unspecified atom stereocenters. The van der Waals surface area contributed by atoms with Crippen LogP contribution in [0.4, 0.5) is 0 Å². The molecule has 1 amide bonds. The number of likely N-dealkylation sites (tertiary alicyclic amines) is 1. The number of hydrogen-bond donors (Lipinski definition) is 1. The normalized spacial score (nSPS) is 17.1. The quantitative estimate of drug-likeness (QED) is 0.739. The summed E-state index contributed by atoms with van der Waals surface area (Å²) in [6.07, 6.45) is 8.46. The summed E-state index contributed by atoms with van der Waals surface area (Å²) in [5.41, 5.74) is 4.69. The molecule has 0 aliphatic carbocycles. The first-order chi connectivity index (χ1) is 13.7. The number of aromatic amines is 1. The van der Waals surface area contributed by atoms with Gasteiger partial charge in [0.05, 0.1) is 6.20 Å². The van der Waals surface area contributed by atoms with E-state index in [0.29, 0.717) is 6.54 Å². The fourth-order valence-corrected chi connectivity index (χ4v) is 4.05. The summed E-state index contributed by atoms with van der Waals surface area (Å²) in [6, 6.07) is 8.53. The number of piperidine rings is 1. The summed E-state index contributed by atoms with van der Waals surface area (Å²) < 4.78 is 1.96. The number of nitrogens with zero attached hydrogens (tertiary/aromatic N) is 4. The average Bonchev–Trinajstić information content (AvgIpc) is 3.38. The molecule has 6 heteroatoms. The van der Waals surface area contributed by atoms with Gasteiger partial charge in [0.1, 0.15) is 12.4 Å². The number of carbonyl (C=O) groups excluding carboxylic acids is 1. The van der Waals surface area contributed by atoms with Crippen LogP contribution in [0.25, 0.3) is 11.1 Å². The van der Waals surface area contributed by atoms with Crippen LogP contribution in [0.1, 0.15) is 42.8 Å². The molecule has 1 N–H and O–H groups in total. The van der Waals surface area contributed by atoms with Gasteiger partial charge in [0.15, 0.2) is 0 Å². The number of aryl methyl sites for hydroxylation is 2. The van der Waals surface area contributed by atoms with Gasteiger partial charge in [-0.2, -0.15) is 5.10 Å². The van der Waals surface area contributed by atoms with Crippen molar-refractivity contribution in [3.05, 3.63) is 59.9 Å². The highest BCUT2D eigenvalue weighted by molar-refractivity contribution is 5.76. The molecule has 3 aromatic rings. The zero-order chi connectivity index (χ0) is 19.5. The third kappa shape index (κ3) is 3.72. The first-order valence-electron chi connectivity index (χ1n) is 10.0. The van der Waals surface area contributed by atoms with Gasteiger partial charge in [-0.3, -0.25) is 9.89 Å². The van der Waals surface area contributed by atoms with Crippen molar-refractivity contribution < 1.29 is 4.79 Å². The largest absolute Gasteiger partial charge is 0.340 e. The maximum absolute atomic E-state index is 12.9. The standard InChI is InChI=1S/C22H27N5O/c1-3-20-23-10-12-26(20)15-21(28)27-11-4-5-18(14-27)22-19(13-24-25-22)17-8-6-16(2)7-9-17/h6-10,12-13,18H,3-5,11,14-15H2,1-2H3,(H,24,25). The molecule has 28 heavy (non-hydrogen) atoms. The second kappa shape index (κ2) is 8.00. The van der Waals surface area contributed by atoms with E-state index in [1.165, 1.54) is 11.1 Å². The Bertz CT molecular complexity index is 940. The molecule has 2 aromatic heterocycles. The van der Waals surface area contributed by atoms with E-state index in [9.17, 15) is 4.79 Å². The van der Waals surface area contributed by atoms with Crippen LogP contribution in [-0.4, -0.2) is 43.6 Å². The topological polar surface area (TPSA) is 66.8 Å². The first-order valence-corrected chi connectivity index (χ1v) is 10.0. The maximum Gasteiger partial charge on any atom is 0.242 e. The van der Waals surface area contributed by atoms with Crippen molar-refractivity contribution in [2.45, 2.75) is 45.6 Å². The van der Waals surface area contributed by atoms with Gasteiger partial charge in [-0.1, -0.05) is 36.8 Å². The number of imidazole rings is 1. The number of nitrogens with one attached hydrogen (secondary N) is 1. The second-order valence-corrected chi connectivity index (χ2v) is 7.57. The van der Waals surface area contributed by atoms with Gasteiger partial charge in [0.25, 0.3) is 0 Å². The lowest BCUT2D eigenvalue weighted by Crippen LogP contribution is -2.41. The molecule has 0 saturated carbocycles. The van der Waals surface area contributed by atoms with E-state index in [1.54, 1.807) is 6.20 Å². The van der Waals surface area contributed by atoms with E-state index in [2.05, 4.69) is 53.3 Å². The molecule has 1 aliphatic rings. The third-order valence-corrected chi connectivity index (χ3v) is 5.64.